The van der Waals surface area contributed by atoms with E-state index in [2.05, 4.69) is 4.98 Å². The van der Waals surface area contributed by atoms with E-state index in [-0.39, 0.29) is 5.75 Å². The fourth-order valence-corrected chi connectivity index (χ4v) is 1.99. The summed E-state index contributed by atoms with van der Waals surface area (Å²) >= 11 is 0. The van der Waals surface area contributed by atoms with Gasteiger partial charge < -0.3 is 9.47 Å². The predicted molar refractivity (Wildman–Crippen MR) is 87.5 cm³/mol. The SMILES string of the molecule is Cc1ncc(F)cc1-c1cccc(=O)c(OC(=O)OC(C)(C)C)c1. The Morgan fingerprint density at radius 3 is 2.58 bits per heavy atom. The van der Waals surface area contributed by atoms with Crippen LogP contribution in [-0.2, 0) is 4.74 Å². The zero-order valence-corrected chi connectivity index (χ0v) is 13.9. The van der Waals surface area contributed by atoms with E-state index in [1.54, 1.807) is 33.8 Å². The summed E-state index contributed by atoms with van der Waals surface area (Å²) in [7, 11) is 0. The van der Waals surface area contributed by atoms with E-state index in [1.807, 2.05) is 0 Å². The molecule has 1 aromatic carbocycles. The first-order valence-electron chi connectivity index (χ1n) is 7.33. The molecule has 0 aliphatic heterocycles. The maximum atomic E-state index is 13.5. The normalized spacial score (nSPS) is 11.0. The van der Waals surface area contributed by atoms with Crippen molar-refractivity contribution >= 4 is 6.16 Å². The van der Waals surface area contributed by atoms with E-state index in [4.69, 9.17) is 9.47 Å². The van der Waals surface area contributed by atoms with Gasteiger partial charge in [-0.2, -0.15) is 0 Å². The Hall–Kier alpha value is -2.76. The number of hydrogen-bond donors (Lipinski definition) is 0. The van der Waals surface area contributed by atoms with Crippen LogP contribution in [-0.4, -0.2) is 16.7 Å². The molecule has 0 bridgehead atoms. The van der Waals surface area contributed by atoms with Crippen molar-refractivity contribution in [3.05, 3.63) is 58.3 Å². The van der Waals surface area contributed by atoms with Crippen LogP contribution in [0.4, 0.5) is 9.18 Å². The van der Waals surface area contributed by atoms with Crippen LogP contribution in [0, 0.1) is 12.7 Å². The number of ether oxygens (including phenoxy) is 2. The summed E-state index contributed by atoms with van der Waals surface area (Å²) in [5.41, 5.74) is 0.343. The first kappa shape index (κ1) is 17.6. The van der Waals surface area contributed by atoms with Gasteiger partial charge in [-0.1, -0.05) is 12.1 Å². The lowest BCUT2D eigenvalue weighted by molar-refractivity contribution is 0.0204. The van der Waals surface area contributed by atoms with Crippen molar-refractivity contribution in [3.8, 4) is 16.9 Å². The van der Waals surface area contributed by atoms with Gasteiger partial charge in [0.2, 0.25) is 5.43 Å². The number of carbonyl (C=O) groups is 1. The van der Waals surface area contributed by atoms with E-state index in [9.17, 15) is 14.0 Å². The highest BCUT2D eigenvalue weighted by atomic mass is 19.1. The number of pyridine rings is 1. The molecule has 0 aliphatic carbocycles. The molecule has 2 aromatic rings. The zero-order valence-electron chi connectivity index (χ0n) is 13.9. The van der Waals surface area contributed by atoms with Gasteiger partial charge in [0.25, 0.3) is 0 Å². The molecular weight excluding hydrogens is 313 g/mol. The van der Waals surface area contributed by atoms with Gasteiger partial charge in [-0.25, -0.2) is 9.18 Å². The molecule has 2 rings (SSSR count). The highest BCUT2D eigenvalue weighted by molar-refractivity contribution is 5.69. The Balaban J connectivity index is 2.44. The molecule has 1 aromatic heterocycles. The monoisotopic (exact) mass is 331 g/mol. The van der Waals surface area contributed by atoms with E-state index in [1.165, 1.54) is 24.3 Å². The highest BCUT2D eigenvalue weighted by Crippen LogP contribution is 2.24. The highest BCUT2D eigenvalue weighted by Gasteiger charge is 2.19. The van der Waals surface area contributed by atoms with Crippen molar-refractivity contribution in [1.29, 1.82) is 0 Å². The minimum Gasteiger partial charge on any atom is -0.428 e. The lowest BCUT2D eigenvalue weighted by Gasteiger charge is -2.18. The molecule has 0 N–H and O–H groups in total. The second kappa shape index (κ2) is 6.78. The molecule has 0 unspecified atom stereocenters. The predicted octanol–water partition coefficient (Wildman–Crippen LogP) is 3.87. The maximum Gasteiger partial charge on any atom is 0.514 e. The second-order valence-corrected chi connectivity index (χ2v) is 6.21. The smallest absolute Gasteiger partial charge is 0.428 e. The third-order valence-corrected chi connectivity index (χ3v) is 3.00. The molecule has 6 heteroatoms. The molecule has 0 saturated carbocycles. The molecule has 1 heterocycles. The van der Waals surface area contributed by atoms with Gasteiger partial charge in [0.15, 0.2) is 5.75 Å². The topological polar surface area (TPSA) is 65.5 Å². The summed E-state index contributed by atoms with van der Waals surface area (Å²) in [6, 6.07) is 7.05. The third-order valence-electron chi connectivity index (χ3n) is 3.00. The average molecular weight is 331 g/mol. The van der Waals surface area contributed by atoms with E-state index in [0.29, 0.717) is 16.8 Å². The number of hydrogen-bond acceptors (Lipinski definition) is 5. The van der Waals surface area contributed by atoms with Crippen LogP contribution in [0.5, 0.6) is 5.75 Å². The average Bonchev–Trinajstić information content (AvgIpc) is 2.62. The van der Waals surface area contributed by atoms with Crippen LogP contribution >= 0.6 is 0 Å². The van der Waals surface area contributed by atoms with Gasteiger partial charge in [-0.15, -0.1) is 0 Å². The molecule has 0 spiro atoms. The van der Waals surface area contributed by atoms with E-state index < -0.39 is 23.0 Å². The van der Waals surface area contributed by atoms with Crippen LogP contribution in [0.3, 0.4) is 0 Å². The van der Waals surface area contributed by atoms with Crippen molar-refractivity contribution in [2.45, 2.75) is 33.3 Å². The van der Waals surface area contributed by atoms with Gasteiger partial charge in [0.1, 0.15) is 11.4 Å². The molecule has 0 atom stereocenters. The summed E-state index contributed by atoms with van der Waals surface area (Å²) in [4.78, 5) is 27.8. The second-order valence-electron chi connectivity index (χ2n) is 6.21. The fourth-order valence-electron chi connectivity index (χ4n) is 1.99. The van der Waals surface area contributed by atoms with Crippen molar-refractivity contribution in [3.63, 3.8) is 0 Å². The molecule has 0 amide bonds. The molecule has 0 aliphatic rings. The lowest BCUT2D eigenvalue weighted by atomic mass is 10.1. The number of halogens is 1. The molecule has 5 nitrogen and oxygen atoms in total. The molecule has 126 valence electrons. The van der Waals surface area contributed by atoms with E-state index >= 15 is 0 Å². The Morgan fingerprint density at radius 2 is 1.92 bits per heavy atom. The maximum absolute atomic E-state index is 13.5. The van der Waals surface area contributed by atoms with Crippen LogP contribution in [0.2, 0.25) is 0 Å². The van der Waals surface area contributed by atoms with Crippen LogP contribution in [0.25, 0.3) is 11.1 Å². The summed E-state index contributed by atoms with van der Waals surface area (Å²) in [5.74, 6) is -0.702. The van der Waals surface area contributed by atoms with Crippen molar-refractivity contribution in [2.24, 2.45) is 0 Å². The van der Waals surface area contributed by atoms with Gasteiger partial charge in [-0.3, -0.25) is 9.78 Å². The molecule has 0 radical (unpaired) electrons. The van der Waals surface area contributed by atoms with Gasteiger partial charge in [0.05, 0.1) is 6.20 Å². The fraction of sp³-hybridized carbons (Fsp3) is 0.278. The van der Waals surface area contributed by atoms with Crippen LogP contribution in [0.15, 0.2) is 41.3 Å². The van der Waals surface area contributed by atoms with Crippen molar-refractivity contribution in [1.82, 2.24) is 4.98 Å². The summed E-state index contributed by atoms with van der Waals surface area (Å²) in [5, 5.41) is 0. The summed E-state index contributed by atoms with van der Waals surface area (Å²) < 4.78 is 23.5. The third kappa shape index (κ3) is 4.62. The Kier molecular flexibility index (Phi) is 4.97. The van der Waals surface area contributed by atoms with Crippen LogP contribution in [0.1, 0.15) is 26.5 Å². The number of aromatic nitrogens is 1. The molecule has 24 heavy (non-hydrogen) atoms. The Morgan fingerprint density at radius 1 is 1.21 bits per heavy atom. The van der Waals surface area contributed by atoms with Gasteiger partial charge in [-0.05, 0) is 51.5 Å². The molecule has 0 fully saturated rings. The van der Waals surface area contributed by atoms with E-state index in [0.717, 1.165) is 6.20 Å². The first-order chi connectivity index (χ1) is 11.2. The number of rotatable bonds is 2. The lowest BCUT2D eigenvalue weighted by Crippen LogP contribution is -2.26. The largest absolute Gasteiger partial charge is 0.514 e. The van der Waals surface area contributed by atoms with Crippen molar-refractivity contribution < 1.29 is 18.7 Å². The minimum atomic E-state index is -0.981. The minimum absolute atomic E-state index is 0.201. The van der Waals surface area contributed by atoms with Crippen molar-refractivity contribution in [2.75, 3.05) is 0 Å². The number of carbonyl (C=O) groups excluding carboxylic acids is 1. The standard InChI is InChI=1S/C18H18FNO4/c1-11-14(9-13(19)10-20-11)12-6-5-7-15(21)16(8-12)23-17(22)24-18(2,3)4/h5-10H,1-4H3. The summed E-state index contributed by atoms with van der Waals surface area (Å²) in [6.45, 7) is 6.77. The summed E-state index contributed by atoms with van der Waals surface area (Å²) in [6.07, 6.45) is 0.129. The van der Waals surface area contributed by atoms with Crippen LogP contribution < -0.4 is 10.2 Å². The Bertz CT molecular complexity index is 828. The first-order valence-corrected chi connectivity index (χ1v) is 7.33. The van der Waals surface area contributed by atoms with Gasteiger partial charge in [0, 0.05) is 11.3 Å². The number of nitrogens with zero attached hydrogens (tertiary/aromatic N) is 1. The number of aryl methyl sites for hydroxylation is 1. The Labute approximate surface area is 139 Å². The zero-order chi connectivity index (χ0) is 17.9. The molecular formula is C18H18FNO4. The molecule has 0 saturated heterocycles. The van der Waals surface area contributed by atoms with Gasteiger partial charge >= 0.3 is 6.16 Å². The quantitative estimate of drug-likeness (QED) is 0.782.